The molecule has 0 saturated heterocycles. The molecule has 0 spiro atoms. The van der Waals surface area contributed by atoms with Gasteiger partial charge in [-0.15, -0.1) is 0 Å². The molecule has 2 N–H and O–H groups in total. The summed E-state index contributed by atoms with van der Waals surface area (Å²) in [5.41, 5.74) is 7.54. The van der Waals surface area contributed by atoms with Crippen LogP contribution in [0.5, 0.6) is 0 Å². The summed E-state index contributed by atoms with van der Waals surface area (Å²) >= 11 is 0. The van der Waals surface area contributed by atoms with Crippen molar-refractivity contribution in [2.75, 3.05) is 20.3 Å². The second-order valence-corrected chi connectivity index (χ2v) is 6.08. The maximum Gasteiger partial charge on any atom is 0.0676 e. The second-order valence-electron chi connectivity index (χ2n) is 6.08. The van der Waals surface area contributed by atoms with Crippen molar-refractivity contribution in [1.82, 2.24) is 9.88 Å². The number of ether oxygens (including phenoxy) is 1. The number of methoxy groups -OCH3 is 1. The van der Waals surface area contributed by atoms with Crippen molar-refractivity contribution < 1.29 is 4.74 Å². The summed E-state index contributed by atoms with van der Waals surface area (Å²) in [4.78, 5) is 7.09. The molecule has 1 aromatic rings. The smallest absolute Gasteiger partial charge is 0.0676 e. The minimum atomic E-state index is 0.0953. The van der Waals surface area contributed by atoms with Gasteiger partial charge in [-0.05, 0) is 44.2 Å². The predicted octanol–water partition coefficient (Wildman–Crippen LogP) is 2.61. The Bertz CT molecular complexity index is 408. The van der Waals surface area contributed by atoms with E-state index >= 15 is 0 Å². The predicted molar refractivity (Wildman–Crippen MR) is 86.0 cm³/mol. The minimum absolute atomic E-state index is 0.0953. The van der Waals surface area contributed by atoms with Gasteiger partial charge in [-0.25, -0.2) is 0 Å². The topological polar surface area (TPSA) is 51.4 Å². The number of nitrogens with zero attached hydrogens (tertiary/aromatic N) is 2. The first-order valence-corrected chi connectivity index (χ1v) is 8.10. The fourth-order valence-corrected chi connectivity index (χ4v) is 3.05. The molecule has 1 aromatic heterocycles. The van der Waals surface area contributed by atoms with Crippen LogP contribution in [0.2, 0.25) is 0 Å². The molecule has 1 aliphatic rings. The first-order chi connectivity index (χ1) is 10.2. The molecule has 1 saturated carbocycles. The van der Waals surface area contributed by atoms with E-state index in [1.54, 1.807) is 7.11 Å². The molecule has 118 valence electrons. The quantitative estimate of drug-likeness (QED) is 0.760. The zero-order valence-electron chi connectivity index (χ0n) is 13.5. The summed E-state index contributed by atoms with van der Waals surface area (Å²) < 4.78 is 5.32. The molecule has 1 heterocycles. The van der Waals surface area contributed by atoms with Crippen LogP contribution in [0.1, 0.15) is 44.8 Å². The number of hydrogen-bond donors (Lipinski definition) is 1. The summed E-state index contributed by atoms with van der Waals surface area (Å²) in [6, 6.07) is 6.90. The average Bonchev–Trinajstić information content (AvgIpc) is 3.35. The molecule has 0 amide bonds. The van der Waals surface area contributed by atoms with Gasteiger partial charge in [-0.2, -0.15) is 0 Å². The number of aromatic nitrogens is 1. The van der Waals surface area contributed by atoms with Gasteiger partial charge in [0.1, 0.15) is 0 Å². The Hall–Kier alpha value is -0.970. The zero-order valence-corrected chi connectivity index (χ0v) is 13.5. The van der Waals surface area contributed by atoms with Crippen LogP contribution in [-0.4, -0.2) is 42.2 Å². The average molecular weight is 291 g/mol. The fourth-order valence-electron chi connectivity index (χ4n) is 3.05. The molecule has 2 rings (SSSR count). The standard InChI is InChI=1S/C17H29N3O/c1-4-15(18)17(16-7-5-6-10-19-16)20(11-12-21-3)13(2)14-8-9-14/h5-7,10,13-15,17H,4,8-9,11-12,18H2,1-3H3. The van der Waals surface area contributed by atoms with Crippen LogP contribution in [0, 0.1) is 5.92 Å². The van der Waals surface area contributed by atoms with Crippen LogP contribution in [-0.2, 0) is 4.74 Å². The molecule has 1 aliphatic carbocycles. The Labute approximate surface area is 128 Å². The molecular formula is C17H29N3O. The molecule has 1 fully saturated rings. The second kappa shape index (κ2) is 7.87. The van der Waals surface area contributed by atoms with Crippen LogP contribution < -0.4 is 5.73 Å². The third kappa shape index (κ3) is 4.25. The zero-order chi connectivity index (χ0) is 15.2. The van der Waals surface area contributed by atoms with Gasteiger partial charge in [0.2, 0.25) is 0 Å². The number of pyridine rings is 1. The van der Waals surface area contributed by atoms with Crippen molar-refractivity contribution in [3.8, 4) is 0 Å². The van der Waals surface area contributed by atoms with E-state index in [-0.39, 0.29) is 12.1 Å². The highest BCUT2D eigenvalue weighted by molar-refractivity contribution is 5.12. The van der Waals surface area contributed by atoms with Crippen molar-refractivity contribution in [3.63, 3.8) is 0 Å². The molecule has 3 unspecified atom stereocenters. The molecule has 0 aromatic carbocycles. The van der Waals surface area contributed by atoms with Gasteiger partial charge >= 0.3 is 0 Å². The van der Waals surface area contributed by atoms with E-state index in [4.69, 9.17) is 10.5 Å². The third-order valence-corrected chi connectivity index (χ3v) is 4.61. The van der Waals surface area contributed by atoms with Crippen LogP contribution >= 0.6 is 0 Å². The molecule has 21 heavy (non-hydrogen) atoms. The van der Waals surface area contributed by atoms with E-state index in [2.05, 4.69) is 29.8 Å². The largest absolute Gasteiger partial charge is 0.383 e. The van der Waals surface area contributed by atoms with E-state index in [0.29, 0.717) is 6.04 Å². The highest BCUT2D eigenvalue weighted by Crippen LogP contribution is 2.38. The summed E-state index contributed by atoms with van der Waals surface area (Å²) in [6.07, 6.45) is 5.48. The Kier molecular flexibility index (Phi) is 6.15. The number of rotatable bonds is 9. The van der Waals surface area contributed by atoms with Crippen molar-refractivity contribution in [3.05, 3.63) is 30.1 Å². The first kappa shape index (κ1) is 16.4. The van der Waals surface area contributed by atoms with Gasteiger partial charge in [0.25, 0.3) is 0 Å². The van der Waals surface area contributed by atoms with Crippen LogP contribution in [0.3, 0.4) is 0 Å². The summed E-state index contributed by atoms with van der Waals surface area (Å²) in [5, 5.41) is 0. The minimum Gasteiger partial charge on any atom is -0.383 e. The lowest BCUT2D eigenvalue weighted by molar-refractivity contribution is 0.0671. The SMILES string of the molecule is CCC(N)C(c1ccccn1)N(CCOC)C(C)C1CC1. The molecule has 0 bridgehead atoms. The van der Waals surface area contributed by atoms with Gasteiger partial charge in [-0.1, -0.05) is 13.0 Å². The Morgan fingerprint density at radius 1 is 1.43 bits per heavy atom. The van der Waals surface area contributed by atoms with Gasteiger partial charge in [0.15, 0.2) is 0 Å². The maximum atomic E-state index is 6.46. The van der Waals surface area contributed by atoms with E-state index in [9.17, 15) is 0 Å². The number of hydrogen-bond acceptors (Lipinski definition) is 4. The molecule has 4 nitrogen and oxygen atoms in total. The first-order valence-electron chi connectivity index (χ1n) is 8.10. The van der Waals surface area contributed by atoms with Crippen molar-refractivity contribution >= 4 is 0 Å². The molecule has 3 atom stereocenters. The van der Waals surface area contributed by atoms with Crippen LogP contribution in [0.15, 0.2) is 24.4 Å². The number of nitrogens with two attached hydrogens (primary N) is 1. The monoisotopic (exact) mass is 291 g/mol. The lowest BCUT2D eigenvalue weighted by Crippen LogP contribution is -2.47. The van der Waals surface area contributed by atoms with Crippen LogP contribution in [0.4, 0.5) is 0 Å². The highest BCUT2D eigenvalue weighted by Gasteiger charge is 2.37. The highest BCUT2D eigenvalue weighted by atomic mass is 16.5. The van der Waals surface area contributed by atoms with Crippen LogP contribution in [0.25, 0.3) is 0 Å². The molecule has 0 aliphatic heterocycles. The Morgan fingerprint density at radius 2 is 2.19 bits per heavy atom. The molecular weight excluding hydrogens is 262 g/mol. The van der Waals surface area contributed by atoms with E-state index in [1.807, 2.05) is 18.3 Å². The van der Waals surface area contributed by atoms with E-state index in [1.165, 1.54) is 12.8 Å². The fraction of sp³-hybridized carbons (Fsp3) is 0.706. The van der Waals surface area contributed by atoms with Gasteiger partial charge in [0.05, 0.1) is 18.3 Å². The maximum absolute atomic E-state index is 6.46. The Morgan fingerprint density at radius 3 is 2.71 bits per heavy atom. The van der Waals surface area contributed by atoms with Gasteiger partial charge in [-0.3, -0.25) is 9.88 Å². The molecule has 4 heteroatoms. The van der Waals surface area contributed by atoms with Crippen molar-refractivity contribution in [2.45, 2.75) is 51.2 Å². The van der Waals surface area contributed by atoms with E-state index in [0.717, 1.165) is 31.2 Å². The Balaban J connectivity index is 2.24. The summed E-state index contributed by atoms with van der Waals surface area (Å²) in [5.74, 6) is 0.803. The van der Waals surface area contributed by atoms with Crippen molar-refractivity contribution in [1.29, 1.82) is 0 Å². The summed E-state index contributed by atoms with van der Waals surface area (Å²) in [6.45, 7) is 6.11. The van der Waals surface area contributed by atoms with E-state index < -0.39 is 0 Å². The third-order valence-electron chi connectivity index (χ3n) is 4.61. The lowest BCUT2D eigenvalue weighted by Gasteiger charge is -2.39. The van der Waals surface area contributed by atoms with Gasteiger partial charge < -0.3 is 10.5 Å². The van der Waals surface area contributed by atoms with Gasteiger partial charge in [0, 0.05) is 31.9 Å². The summed E-state index contributed by atoms with van der Waals surface area (Å²) in [7, 11) is 1.76. The van der Waals surface area contributed by atoms with Crippen molar-refractivity contribution in [2.24, 2.45) is 11.7 Å². The normalized spacial score (nSPS) is 19.5. The lowest BCUT2D eigenvalue weighted by atomic mass is 9.97. The molecule has 0 radical (unpaired) electrons.